The molecule has 0 aliphatic heterocycles. The smallest absolute Gasteiger partial charge is 0.366 e. The summed E-state index contributed by atoms with van der Waals surface area (Å²) in [7, 11) is 0. The highest BCUT2D eigenvalue weighted by Gasteiger charge is 2.29. The Labute approximate surface area is 123 Å². The lowest BCUT2D eigenvalue weighted by Crippen LogP contribution is -2.06. The van der Waals surface area contributed by atoms with E-state index in [9.17, 15) is 13.2 Å². The zero-order valence-corrected chi connectivity index (χ0v) is 11.2. The van der Waals surface area contributed by atoms with Crippen molar-refractivity contribution in [3.63, 3.8) is 0 Å². The molecule has 0 amide bonds. The van der Waals surface area contributed by atoms with Crippen molar-refractivity contribution in [3.8, 4) is 6.07 Å². The Morgan fingerprint density at radius 1 is 1.19 bits per heavy atom. The molecule has 4 nitrogen and oxygen atoms in total. The minimum absolute atomic E-state index is 0.0797. The number of hydrogen-bond donors (Lipinski definition) is 1. The normalized spacial score (nSPS) is 11.0. The summed E-state index contributed by atoms with van der Waals surface area (Å²) < 4.78 is 37.3. The predicted octanol–water partition coefficient (Wildman–Crippen LogP) is 3.63. The molecule has 0 aliphatic carbocycles. The largest absolute Gasteiger partial charge is 0.416 e. The van der Waals surface area contributed by atoms with E-state index in [1.165, 1.54) is 18.2 Å². The molecule has 0 spiro atoms. The van der Waals surface area contributed by atoms with Gasteiger partial charge >= 0.3 is 6.18 Å². The quantitative estimate of drug-likeness (QED) is 0.879. The molecule has 0 atom stereocenters. The maximum atomic E-state index is 12.4. The standard InChI is InChI=1S/C13H8ClF3N4/c14-12-20-10(6-18)5-11(21-12)19-7-8-1-3-9(4-2-8)13(15,16)17/h1-5H,7H2,(H,19,20,21). The molecule has 1 aromatic carbocycles. The number of nitrogens with one attached hydrogen (secondary N) is 1. The van der Waals surface area contributed by atoms with Crippen molar-refractivity contribution < 1.29 is 13.2 Å². The highest BCUT2D eigenvalue weighted by atomic mass is 35.5. The number of hydrogen-bond acceptors (Lipinski definition) is 4. The summed E-state index contributed by atoms with van der Waals surface area (Å²) in [5.74, 6) is 0.325. The van der Waals surface area contributed by atoms with Crippen molar-refractivity contribution in [2.45, 2.75) is 12.7 Å². The van der Waals surface area contributed by atoms with Crippen LogP contribution in [0.1, 0.15) is 16.8 Å². The Balaban J connectivity index is 2.07. The summed E-state index contributed by atoms with van der Waals surface area (Å²) in [5.41, 5.74) is 0.0317. The fraction of sp³-hybridized carbons (Fsp3) is 0.154. The van der Waals surface area contributed by atoms with Gasteiger partial charge in [-0.05, 0) is 29.3 Å². The van der Waals surface area contributed by atoms with Gasteiger partial charge in [0.2, 0.25) is 5.28 Å². The first kappa shape index (κ1) is 15.1. The Bertz CT molecular complexity index is 677. The summed E-state index contributed by atoms with van der Waals surface area (Å²) in [6.45, 7) is 0.246. The van der Waals surface area contributed by atoms with Gasteiger partial charge in [-0.1, -0.05) is 12.1 Å². The molecule has 0 saturated heterocycles. The van der Waals surface area contributed by atoms with Crippen LogP contribution in [0.2, 0.25) is 5.28 Å². The molecule has 1 aromatic heterocycles. The second kappa shape index (κ2) is 5.97. The molecule has 1 N–H and O–H groups in total. The van der Waals surface area contributed by atoms with Crippen LogP contribution in [0.4, 0.5) is 19.0 Å². The molecular formula is C13H8ClF3N4. The van der Waals surface area contributed by atoms with Crippen LogP contribution in [0, 0.1) is 11.3 Å². The second-order valence-corrected chi connectivity index (χ2v) is 4.41. The summed E-state index contributed by atoms with van der Waals surface area (Å²) in [6.07, 6.45) is -4.35. The first-order valence-electron chi connectivity index (χ1n) is 5.73. The molecule has 0 saturated carbocycles. The number of nitrogens with zero attached hydrogens (tertiary/aromatic N) is 3. The fourth-order valence-electron chi connectivity index (χ4n) is 1.57. The fourth-order valence-corrected chi connectivity index (χ4v) is 1.75. The van der Waals surface area contributed by atoms with E-state index < -0.39 is 11.7 Å². The Morgan fingerprint density at radius 2 is 1.86 bits per heavy atom. The number of aromatic nitrogens is 2. The lowest BCUT2D eigenvalue weighted by Gasteiger charge is -2.09. The lowest BCUT2D eigenvalue weighted by molar-refractivity contribution is -0.137. The van der Waals surface area contributed by atoms with E-state index in [0.29, 0.717) is 11.4 Å². The molecule has 0 radical (unpaired) electrons. The van der Waals surface area contributed by atoms with Gasteiger partial charge < -0.3 is 5.32 Å². The van der Waals surface area contributed by atoms with Gasteiger partial charge in [-0.3, -0.25) is 0 Å². The van der Waals surface area contributed by atoms with Crippen LogP contribution in [0.3, 0.4) is 0 Å². The van der Waals surface area contributed by atoms with E-state index in [0.717, 1.165) is 12.1 Å². The van der Waals surface area contributed by atoms with Gasteiger partial charge in [0.1, 0.15) is 17.6 Å². The molecule has 8 heteroatoms. The number of anilines is 1. The first-order chi connectivity index (χ1) is 9.88. The van der Waals surface area contributed by atoms with Gasteiger partial charge in [-0.25, -0.2) is 9.97 Å². The van der Waals surface area contributed by atoms with Gasteiger partial charge in [-0.2, -0.15) is 18.4 Å². The average molecular weight is 313 g/mol. The van der Waals surface area contributed by atoms with E-state index in [1.807, 2.05) is 6.07 Å². The topological polar surface area (TPSA) is 61.6 Å². The first-order valence-corrected chi connectivity index (χ1v) is 6.11. The van der Waals surface area contributed by atoms with Crippen LogP contribution in [-0.2, 0) is 12.7 Å². The van der Waals surface area contributed by atoms with E-state index in [4.69, 9.17) is 16.9 Å². The molecule has 21 heavy (non-hydrogen) atoms. The van der Waals surface area contributed by atoms with Crippen LogP contribution < -0.4 is 5.32 Å². The molecule has 0 bridgehead atoms. The number of rotatable bonds is 3. The Hall–Kier alpha value is -2.33. The van der Waals surface area contributed by atoms with E-state index in [2.05, 4.69) is 15.3 Å². The SMILES string of the molecule is N#Cc1cc(NCc2ccc(C(F)(F)F)cc2)nc(Cl)n1. The van der Waals surface area contributed by atoms with Crippen molar-refractivity contribution >= 4 is 17.4 Å². The van der Waals surface area contributed by atoms with Crippen molar-refractivity contribution in [2.24, 2.45) is 0 Å². The molecule has 2 rings (SSSR count). The van der Waals surface area contributed by atoms with Gasteiger partial charge in [-0.15, -0.1) is 0 Å². The summed E-state index contributed by atoms with van der Waals surface area (Å²) in [4.78, 5) is 7.54. The van der Waals surface area contributed by atoms with E-state index >= 15 is 0 Å². The second-order valence-electron chi connectivity index (χ2n) is 4.07. The average Bonchev–Trinajstić information content (AvgIpc) is 2.44. The van der Waals surface area contributed by atoms with Gasteiger partial charge in [0.05, 0.1) is 5.56 Å². The van der Waals surface area contributed by atoms with Gasteiger partial charge in [0.15, 0.2) is 0 Å². The molecule has 0 fully saturated rings. The van der Waals surface area contributed by atoms with Crippen molar-refractivity contribution in [1.29, 1.82) is 5.26 Å². The molecular weight excluding hydrogens is 305 g/mol. The summed E-state index contributed by atoms with van der Waals surface area (Å²) >= 11 is 5.64. The van der Waals surface area contributed by atoms with Crippen LogP contribution in [0.15, 0.2) is 30.3 Å². The lowest BCUT2D eigenvalue weighted by atomic mass is 10.1. The van der Waals surface area contributed by atoms with Gasteiger partial charge in [0.25, 0.3) is 0 Å². The monoisotopic (exact) mass is 312 g/mol. The summed E-state index contributed by atoms with van der Waals surface area (Å²) in [5, 5.41) is 11.5. The molecule has 0 unspecified atom stereocenters. The van der Waals surface area contributed by atoms with Crippen molar-refractivity contribution in [2.75, 3.05) is 5.32 Å². The number of halogens is 4. The highest BCUT2D eigenvalue weighted by Crippen LogP contribution is 2.29. The third-order valence-corrected chi connectivity index (χ3v) is 2.74. The van der Waals surface area contributed by atoms with Crippen LogP contribution in [0.25, 0.3) is 0 Å². The van der Waals surface area contributed by atoms with E-state index in [1.54, 1.807) is 0 Å². The van der Waals surface area contributed by atoms with Crippen LogP contribution >= 0.6 is 11.6 Å². The minimum atomic E-state index is -4.35. The third-order valence-electron chi connectivity index (χ3n) is 2.57. The maximum absolute atomic E-state index is 12.4. The zero-order chi connectivity index (χ0) is 15.5. The van der Waals surface area contributed by atoms with Crippen LogP contribution in [-0.4, -0.2) is 9.97 Å². The van der Waals surface area contributed by atoms with Crippen LogP contribution in [0.5, 0.6) is 0 Å². The number of benzene rings is 1. The van der Waals surface area contributed by atoms with Gasteiger partial charge in [0, 0.05) is 12.6 Å². The molecule has 2 aromatic rings. The zero-order valence-electron chi connectivity index (χ0n) is 10.4. The van der Waals surface area contributed by atoms with E-state index in [-0.39, 0.29) is 17.5 Å². The molecule has 0 aliphatic rings. The minimum Gasteiger partial charge on any atom is -0.366 e. The Kier molecular flexibility index (Phi) is 4.29. The number of nitriles is 1. The third kappa shape index (κ3) is 4.07. The van der Waals surface area contributed by atoms with Crippen molar-refractivity contribution in [1.82, 2.24) is 9.97 Å². The molecule has 1 heterocycles. The molecule has 108 valence electrons. The highest BCUT2D eigenvalue weighted by molar-refractivity contribution is 6.28. The predicted molar refractivity (Wildman–Crippen MR) is 70.5 cm³/mol. The Morgan fingerprint density at radius 3 is 2.43 bits per heavy atom. The maximum Gasteiger partial charge on any atom is 0.416 e. The number of alkyl halides is 3. The van der Waals surface area contributed by atoms with Crippen molar-refractivity contribution in [3.05, 3.63) is 52.4 Å². The summed E-state index contributed by atoms with van der Waals surface area (Å²) in [6, 6.07) is 7.97.